The summed E-state index contributed by atoms with van der Waals surface area (Å²) in [5.74, 6) is 5.30. The smallest absolute Gasteiger partial charge is 0.251 e. The molecular formula is C10H10ClN5OS. The quantitative estimate of drug-likeness (QED) is 0.448. The molecule has 0 aliphatic rings. The van der Waals surface area contributed by atoms with Crippen LogP contribution in [0.2, 0.25) is 5.15 Å². The summed E-state index contributed by atoms with van der Waals surface area (Å²) in [6, 6.07) is 2.99. The van der Waals surface area contributed by atoms with Crippen LogP contribution in [0.1, 0.15) is 15.4 Å². The number of hydrogen-bond acceptors (Lipinski definition) is 6. The van der Waals surface area contributed by atoms with E-state index in [1.165, 1.54) is 23.5 Å². The Hall–Kier alpha value is -1.70. The first-order valence-corrected chi connectivity index (χ1v) is 6.25. The molecule has 2 heterocycles. The fourth-order valence-electron chi connectivity index (χ4n) is 1.30. The van der Waals surface area contributed by atoms with Gasteiger partial charge in [-0.15, -0.1) is 11.3 Å². The maximum absolute atomic E-state index is 11.9. The maximum Gasteiger partial charge on any atom is 0.251 e. The van der Waals surface area contributed by atoms with E-state index in [9.17, 15) is 4.79 Å². The summed E-state index contributed by atoms with van der Waals surface area (Å²) in [7, 11) is 0. The number of nitrogen functional groups attached to an aromatic ring is 1. The van der Waals surface area contributed by atoms with Crippen molar-refractivity contribution in [1.29, 1.82) is 0 Å². The molecule has 0 atom stereocenters. The third kappa shape index (κ3) is 3.16. The van der Waals surface area contributed by atoms with Crippen molar-refractivity contribution in [2.45, 2.75) is 6.54 Å². The van der Waals surface area contributed by atoms with Gasteiger partial charge in [-0.1, -0.05) is 11.6 Å². The lowest BCUT2D eigenvalue weighted by Crippen LogP contribution is -2.23. The molecule has 0 saturated heterocycles. The zero-order valence-corrected chi connectivity index (χ0v) is 10.8. The fourth-order valence-corrected chi connectivity index (χ4v) is 2.06. The summed E-state index contributed by atoms with van der Waals surface area (Å²) in [4.78, 5) is 19.8. The first-order valence-electron chi connectivity index (χ1n) is 5.00. The Morgan fingerprint density at radius 1 is 1.50 bits per heavy atom. The second kappa shape index (κ2) is 5.76. The standard InChI is InChI=1S/C10H10ClN5OS/c11-7-3-6(4-8(15-7)16-12)10(17)14-5-9-13-1-2-18-9/h1-4H,5,12H2,(H,14,17)(H,15,16). The Morgan fingerprint density at radius 2 is 2.33 bits per heavy atom. The number of hydrogen-bond donors (Lipinski definition) is 3. The van der Waals surface area contributed by atoms with Crippen LogP contribution in [0.3, 0.4) is 0 Å². The van der Waals surface area contributed by atoms with E-state index >= 15 is 0 Å². The monoisotopic (exact) mass is 283 g/mol. The Bertz CT molecular complexity index is 545. The van der Waals surface area contributed by atoms with E-state index in [0.717, 1.165) is 5.01 Å². The van der Waals surface area contributed by atoms with E-state index in [2.05, 4.69) is 20.7 Å². The molecule has 8 heteroatoms. The van der Waals surface area contributed by atoms with Gasteiger partial charge in [0.05, 0.1) is 6.54 Å². The lowest BCUT2D eigenvalue weighted by Gasteiger charge is -2.06. The van der Waals surface area contributed by atoms with Crippen molar-refractivity contribution in [3.05, 3.63) is 39.4 Å². The van der Waals surface area contributed by atoms with Crippen LogP contribution >= 0.6 is 22.9 Å². The van der Waals surface area contributed by atoms with Crippen molar-refractivity contribution in [1.82, 2.24) is 15.3 Å². The molecule has 0 radical (unpaired) electrons. The van der Waals surface area contributed by atoms with Gasteiger partial charge < -0.3 is 10.7 Å². The van der Waals surface area contributed by atoms with Crippen molar-refractivity contribution in [3.8, 4) is 0 Å². The van der Waals surface area contributed by atoms with Crippen molar-refractivity contribution < 1.29 is 4.79 Å². The number of nitrogens with two attached hydrogens (primary N) is 1. The SMILES string of the molecule is NNc1cc(C(=O)NCc2nccs2)cc(Cl)n1. The highest BCUT2D eigenvalue weighted by Crippen LogP contribution is 2.14. The number of aromatic nitrogens is 2. The third-order valence-corrected chi connectivity index (χ3v) is 3.06. The molecule has 0 aromatic carbocycles. The zero-order chi connectivity index (χ0) is 13.0. The fraction of sp³-hybridized carbons (Fsp3) is 0.100. The number of carbonyl (C=O) groups excluding carboxylic acids is 1. The Kier molecular flexibility index (Phi) is 4.08. The number of nitrogens with one attached hydrogen (secondary N) is 2. The van der Waals surface area contributed by atoms with Crippen LogP contribution in [0.5, 0.6) is 0 Å². The summed E-state index contributed by atoms with van der Waals surface area (Å²) in [6.07, 6.45) is 1.69. The van der Waals surface area contributed by atoms with Gasteiger partial charge in [0.25, 0.3) is 5.91 Å². The highest BCUT2D eigenvalue weighted by Gasteiger charge is 2.09. The second-order valence-corrected chi connectivity index (χ2v) is 4.68. The molecule has 0 saturated carbocycles. The number of thiazole rings is 1. The molecule has 0 bridgehead atoms. The van der Waals surface area contributed by atoms with Crippen LogP contribution in [0.4, 0.5) is 5.82 Å². The lowest BCUT2D eigenvalue weighted by atomic mass is 10.2. The lowest BCUT2D eigenvalue weighted by molar-refractivity contribution is 0.0951. The van der Waals surface area contributed by atoms with E-state index in [1.807, 2.05) is 5.38 Å². The molecule has 6 nitrogen and oxygen atoms in total. The van der Waals surface area contributed by atoms with Gasteiger partial charge in [0, 0.05) is 17.1 Å². The number of anilines is 1. The Balaban J connectivity index is 2.06. The van der Waals surface area contributed by atoms with Crippen molar-refractivity contribution in [2.75, 3.05) is 5.43 Å². The first kappa shape index (κ1) is 12.7. The minimum Gasteiger partial charge on any atom is -0.346 e. The predicted octanol–water partition coefficient (Wildman–Crippen LogP) is 1.41. The van der Waals surface area contributed by atoms with Crippen LogP contribution in [0.25, 0.3) is 0 Å². The van der Waals surface area contributed by atoms with Gasteiger partial charge in [0.15, 0.2) is 0 Å². The molecule has 94 valence electrons. The normalized spacial score (nSPS) is 10.1. The molecule has 2 aromatic rings. The van der Waals surface area contributed by atoms with E-state index in [1.54, 1.807) is 6.20 Å². The number of halogens is 1. The third-order valence-electron chi connectivity index (χ3n) is 2.09. The van der Waals surface area contributed by atoms with Gasteiger partial charge in [0.2, 0.25) is 0 Å². The molecule has 0 aliphatic carbocycles. The predicted molar refractivity (Wildman–Crippen MR) is 70.3 cm³/mol. The number of amides is 1. The van der Waals surface area contributed by atoms with Gasteiger partial charge in [-0.2, -0.15) is 0 Å². The van der Waals surface area contributed by atoms with Gasteiger partial charge in [0.1, 0.15) is 16.0 Å². The molecule has 1 amide bonds. The average Bonchev–Trinajstić information content (AvgIpc) is 2.88. The van der Waals surface area contributed by atoms with Crippen molar-refractivity contribution >= 4 is 34.7 Å². The molecule has 4 N–H and O–H groups in total. The topological polar surface area (TPSA) is 92.9 Å². The number of carbonyl (C=O) groups is 1. The summed E-state index contributed by atoms with van der Waals surface area (Å²) in [6.45, 7) is 0.377. The summed E-state index contributed by atoms with van der Waals surface area (Å²) >= 11 is 7.25. The molecular weight excluding hydrogens is 274 g/mol. The minimum atomic E-state index is -0.258. The Labute approximate surface area is 112 Å². The molecule has 0 unspecified atom stereocenters. The molecule has 2 aromatic heterocycles. The van der Waals surface area contributed by atoms with Crippen molar-refractivity contribution in [2.24, 2.45) is 5.84 Å². The Morgan fingerprint density at radius 3 is 3.00 bits per heavy atom. The van der Waals surface area contributed by atoms with Gasteiger partial charge in [-0.3, -0.25) is 4.79 Å². The van der Waals surface area contributed by atoms with Crippen LogP contribution in [0, 0.1) is 0 Å². The van der Waals surface area contributed by atoms with Crippen LogP contribution in [-0.2, 0) is 6.54 Å². The number of hydrazine groups is 1. The van der Waals surface area contributed by atoms with Crippen molar-refractivity contribution in [3.63, 3.8) is 0 Å². The van der Waals surface area contributed by atoms with Gasteiger partial charge in [-0.05, 0) is 12.1 Å². The zero-order valence-electron chi connectivity index (χ0n) is 9.18. The van der Waals surface area contributed by atoms with Crippen LogP contribution in [-0.4, -0.2) is 15.9 Å². The number of rotatable bonds is 4. The summed E-state index contributed by atoms with van der Waals surface area (Å²) in [5, 5.41) is 5.62. The van der Waals surface area contributed by atoms with Crippen LogP contribution < -0.4 is 16.6 Å². The second-order valence-electron chi connectivity index (χ2n) is 3.32. The van der Waals surface area contributed by atoms with Gasteiger partial charge in [-0.25, -0.2) is 15.8 Å². The molecule has 18 heavy (non-hydrogen) atoms. The minimum absolute atomic E-state index is 0.199. The maximum atomic E-state index is 11.9. The average molecular weight is 284 g/mol. The molecule has 0 aliphatic heterocycles. The largest absolute Gasteiger partial charge is 0.346 e. The molecule has 0 spiro atoms. The van der Waals surface area contributed by atoms with E-state index in [4.69, 9.17) is 17.4 Å². The van der Waals surface area contributed by atoms with Crippen LogP contribution in [0.15, 0.2) is 23.7 Å². The van der Waals surface area contributed by atoms with E-state index in [-0.39, 0.29) is 11.1 Å². The first-order chi connectivity index (χ1) is 8.69. The number of nitrogens with zero attached hydrogens (tertiary/aromatic N) is 2. The van der Waals surface area contributed by atoms with E-state index in [0.29, 0.717) is 17.9 Å². The number of pyridine rings is 1. The van der Waals surface area contributed by atoms with E-state index < -0.39 is 0 Å². The van der Waals surface area contributed by atoms with Gasteiger partial charge >= 0.3 is 0 Å². The highest BCUT2D eigenvalue weighted by atomic mass is 35.5. The summed E-state index contributed by atoms with van der Waals surface area (Å²) < 4.78 is 0. The molecule has 0 fully saturated rings. The highest BCUT2D eigenvalue weighted by molar-refractivity contribution is 7.09. The summed E-state index contributed by atoms with van der Waals surface area (Å²) in [5.41, 5.74) is 2.74. The molecule has 2 rings (SSSR count).